The summed E-state index contributed by atoms with van der Waals surface area (Å²) in [4.78, 5) is 12.7. The number of carbonyl (C=O) groups is 1. The molecule has 30 heavy (non-hydrogen) atoms. The molecule has 1 aliphatic heterocycles. The van der Waals surface area contributed by atoms with Crippen molar-refractivity contribution in [1.29, 1.82) is 0 Å². The van der Waals surface area contributed by atoms with E-state index in [1.807, 2.05) is 0 Å². The quantitative estimate of drug-likeness (QED) is 0.224. The van der Waals surface area contributed by atoms with Crippen LogP contribution in [-0.4, -0.2) is 18.2 Å². The van der Waals surface area contributed by atoms with Crippen molar-refractivity contribution in [2.75, 3.05) is 11.6 Å². The summed E-state index contributed by atoms with van der Waals surface area (Å²) in [5.74, 6) is -9.69. The van der Waals surface area contributed by atoms with Gasteiger partial charge in [0.15, 0.2) is 23.3 Å². The van der Waals surface area contributed by atoms with E-state index in [2.05, 4.69) is 11.0 Å². The minimum atomic E-state index is -2.34. The van der Waals surface area contributed by atoms with Crippen LogP contribution < -0.4 is 9.75 Å². The molecule has 2 aromatic rings. The molecule has 0 atom stereocenters. The van der Waals surface area contributed by atoms with Crippen LogP contribution in [0.1, 0.15) is 12.5 Å². The van der Waals surface area contributed by atoms with Crippen LogP contribution in [0.5, 0.6) is 5.75 Å². The van der Waals surface area contributed by atoms with E-state index in [4.69, 9.17) is 22.8 Å². The molecule has 0 radical (unpaired) electrons. The first-order valence-electron chi connectivity index (χ1n) is 8.16. The molecule has 0 fully saturated rings. The highest BCUT2D eigenvalue weighted by atomic mass is 35.5. The first-order chi connectivity index (χ1) is 14.2. The van der Waals surface area contributed by atoms with Crippen LogP contribution in [0.15, 0.2) is 28.9 Å². The standard InChI is InChI=1S/C20H10ClF5N2O2/c1-3-6-30-13-5-4-11(21)7-10(13)8-12-9(2)27-28(20(12)29)19-17(25)15(23)14(22)16(24)18(19)26/h1,4-5,7-8H,6H2,2H3/b12-8-. The van der Waals surface area contributed by atoms with E-state index in [0.29, 0.717) is 0 Å². The normalized spacial score (nSPS) is 14.9. The number of anilines is 1. The summed E-state index contributed by atoms with van der Waals surface area (Å²) in [5, 5.41) is 4.05. The molecule has 0 aliphatic carbocycles. The maximum absolute atomic E-state index is 14.1. The molecule has 0 saturated carbocycles. The van der Waals surface area contributed by atoms with Crippen LogP contribution in [0.4, 0.5) is 27.6 Å². The second-order valence-corrected chi connectivity index (χ2v) is 6.39. The van der Waals surface area contributed by atoms with Crippen LogP contribution in [0.3, 0.4) is 0 Å². The van der Waals surface area contributed by atoms with Gasteiger partial charge in [-0.15, -0.1) is 6.42 Å². The summed E-state index contributed by atoms with van der Waals surface area (Å²) >= 11 is 5.96. The molecule has 1 aliphatic rings. The minimum absolute atomic E-state index is 0.0354. The van der Waals surface area contributed by atoms with E-state index in [-0.39, 0.29) is 39.2 Å². The number of nitrogens with zero attached hydrogens (tertiary/aromatic N) is 2. The van der Waals surface area contributed by atoms with Crippen molar-refractivity contribution in [1.82, 2.24) is 0 Å². The number of ether oxygens (including phenoxy) is 1. The Hall–Kier alpha value is -3.38. The highest BCUT2D eigenvalue weighted by Crippen LogP contribution is 2.35. The van der Waals surface area contributed by atoms with Crippen molar-refractivity contribution in [2.24, 2.45) is 5.10 Å². The molecule has 4 nitrogen and oxygen atoms in total. The number of amides is 1. The summed E-state index contributed by atoms with van der Waals surface area (Å²) in [7, 11) is 0. The van der Waals surface area contributed by atoms with E-state index in [1.54, 1.807) is 0 Å². The third kappa shape index (κ3) is 3.62. The van der Waals surface area contributed by atoms with Gasteiger partial charge in [0.2, 0.25) is 5.82 Å². The number of hydrogen-bond donors (Lipinski definition) is 0. The highest BCUT2D eigenvalue weighted by molar-refractivity contribution is 6.33. The molecular weight excluding hydrogens is 431 g/mol. The van der Waals surface area contributed by atoms with Crippen LogP contribution >= 0.6 is 11.6 Å². The second kappa shape index (κ2) is 8.16. The number of carbonyl (C=O) groups excluding carboxylic acids is 1. The van der Waals surface area contributed by atoms with Gasteiger partial charge in [-0.3, -0.25) is 4.79 Å². The third-order valence-corrected chi connectivity index (χ3v) is 4.28. The molecule has 10 heteroatoms. The van der Waals surface area contributed by atoms with Crippen molar-refractivity contribution >= 4 is 35.0 Å². The first kappa shape index (κ1) is 21.3. The zero-order chi connectivity index (χ0) is 22.2. The molecule has 0 saturated heterocycles. The lowest BCUT2D eigenvalue weighted by atomic mass is 10.1. The maximum Gasteiger partial charge on any atom is 0.280 e. The van der Waals surface area contributed by atoms with E-state index in [0.717, 1.165) is 0 Å². The minimum Gasteiger partial charge on any atom is -0.480 e. The van der Waals surface area contributed by atoms with Crippen LogP contribution in [-0.2, 0) is 4.79 Å². The lowest BCUT2D eigenvalue weighted by Gasteiger charge is -2.15. The Morgan fingerprint density at radius 2 is 1.73 bits per heavy atom. The average molecular weight is 441 g/mol. The van der Waals surface area contributed by atoms with Crippen LogP contribution in [0.2, 0.25) is 5.02 Å². The van der Waals surface area contributed by atoms with Gasteiger partial charge < -0.3 is 4.74 Å². The summed E-state index contributed by atoms with van der Waals surface area (Å²) < 4.78 is 73.9. The number of benzene rings is 2. The van der Waals surface area contributed by atoms with Gasteiger partial charge in [0.1, 0.15) is 18.0 Å². The Kier molecular flexibility index (Phi) is 5.80. The van der Waals surface area contributed by atoms with E-state index in [1.165, 1.54) is 31.2 Å². The molecule has 154 valence electrons. The van der Waals surface area contributed by atoms with Gasteiger partial charge in [-0.05, 0) is 31.2 Å². The monoisotopic (exact) mass is 440 g/mol. The fourth-order valence-corrected chi connectivity index (χ4v) is 2.83. The lowest BCUT2D eigenvalue weighted by molar-refractivity contribution is -0.114. The van der Waals surface area contributed by atoms with Gasteiger partial charge in [-0.2, -0.15) is 10.1 Å². The average Bonchev–Trinajstić information content (AvgIpc) is 2.98. The topological polar surface area (TPSA) is 41.9 Å². The zero-order valence-electron chi connectivity index (χ0n) is 15.1. The number of halogens is 6. The predicted molar refractivity (Wildman–Crippen MR) is 101 cm³/mol. The molecular formula is C20H10ClF5N2O2. The molecule has 0 N–H and O–H groups in total. The Morgan fingerprint density at radius 3 is 2.33 bits per heavy atom. The first-order valence-corrected chi connectivity index (χ1v) is 8.54. The molecule has 3 rings (SSSR count). The van der Waals surface area contributed by atoms with Crippen LogP contribution in [0, 0.1) is 41.4 Å². The number of terminal acetylenes is 1. The van der Waals surface area contributed by atoms with Gasteiger partial charge in [0, 0.05) is 10.6 Å². The SMILES string of the molecule is C#CCOc1ccc(Cl)cc1/C=C1\C(=O)N(c2c(F)c(F)c(F)c(F)c2F)N=C1C. The Bertz CT molecular complexity index is 1140. The molecule has 0 spiro atoms. The van der Waals surface area contributed by atoms with Gasteiger partial charge in [-0.25, -0.2) is 22.0 Å². The van der Waals surface area contributed by atoms with Crippen molar-refractivity contribution in [3.63, 3.8) is 0 Å². The zero-order valence-corrected chi connectivity index (χ0v) is 15.8. The van der Waals surface area contributed by atoms with Gasteiger partial charge >= 0.3 is 0 Å². The molecule has 2 aromatic carbocycles. The number of hydrazone groups is 1. The predicted octanol–water partition coefficient (Wildman–Crippen LogP) is 4.85. The molecule has 0 aromatic heterocycles. The third-order valence-electron chi connectivity index (χ3n) is 4.04. The van der Waals surface area contributed by atoms with E-state index < -0.39 is 40.7 Å². The fourth-order valence-electron chi connectivity index (χ4n) is 2.65. The van der Waals surface area contributed by atoms with Crippen molar-refractivity contribution in [2.45, 2.75) is 6.92 Å². The summed E-state index contributed by atoms with van der Waals surface area (Å²) in [5.41, 5.74) is -1.40. The number of hydrogen-bond acceptors (Lipinski definition) is 3. The summed E-state index contributed by atoms with van der Waals surface area (Å²) in [6, 6.07) is 4.43. The summed E-state index contributed by atoms with van der Waals surface area (Å²) in [6.07, 6.45) is 6.41. The second-order valence-electron chi connectivity index (χ2n) is 5.95. The fraction of sp³-hybridized carbons (Fsp3) is 0.100. The largest absolute Gasteiger partial charge is 0.480 e. The Morgan fingerprint density at radius 1 is 1.13 bits per heavy atom. The van der Waals surface area contributed by atoms with Crippen molar-refractivity contribution < 1.29 is 31.5 Å². The van der Waals surface area contributed by atoms with Crippen molar-refractivity contribution in [3.8, 4) is 18.1 Å². The van der Waals surface area contributed by atoms with Crippen LogP contribution in [0.25, 0.3) is 6.08 Å². The van der Waals surface area contributed by atoms with Gasteiger partial charge in [0.05, 0.1) is 11.3 Å². The Labute approximate surface area is 172 Å². The van der Waals surface area contributed by atoms with E-state index in [9.17, 15) is 26.7 Å². The highest BCUT2D eigenvalue weighted by Gasteiger charge is 2.37. The molecule has 1 heterocycles. The maximum atomic E-state index is 14.1. The summed E-state index contributed by atoms with van der Waals surface area (Å²) in [6.45, 7) is 1.23. The lowest BCUT2D eigenvalue weighted by Crippen LogP contribution is -2.25. The van der Waals surface area contributed by atoms with Crippen molar-refractivity contribution in [3.05, 3.63) is 63.4 Å². The smallest absolute Gasteiger partial charge is 0.280 e. The Balaban J connectivity index is 2.09. The molecule has 0 bridgehead atoms. The van der Waals surface area contributed by atoms with Gasteiger partial charge in [0.25, 0.3) is 5.91 Å². The van der Waals surface area contributed by atoms with E-state index >= 15 is 0 Å². The molecule has 1 amide bonds. The van der Waals surface area contributed by atoms with Gasteiger partial charge in [-0.1, -0.05) is 17.5 Å². The molecule has 0 unspecified atom stereocenters. The number of rotatable bonds is 4.